The lowest BCUT2D eigenvalue weighted by atomic mass is 10.1. The number of hydrogen-bond donors (Lipinski definition) is 1. The largest absolute Gasteiger partial charge is 0.452 e. The molecule has 0 saturated heterocycles. The highest BCUT2D eigenvalue weighted by Gasteiger charge is 2.15. The first-order valence-electron chi connectivity index (χ1n) is 6.20. The molecule has 2 N–H and O–H groups in total. The van der Waals surface area contributed by atoms with E-state index in [0.29, 0.717) is 17.3 Å². The van der Waals surface area contributed by atoms with Crippen LogP contribution in [0.4, 0.5) is 0 Å². The van der Waals surface area contributed by atoms with E-state index in [1.165, 1.54) is 0 Å². The summed E-state index contributed by atoms with van der Waals surface area (Å²) in [4.78, 5) is 0. The molecule has 1 heterocycles. The Bertz CT molecular complexity index is 593. The zero-order valence-corrected chi connectivity index (χ0v) is 12.2. The highest BCUT2D eigenvalue weighted by molar-refractivity contribution is 6.32. The lowest BCUT2D eigenvalue weighted by molar-refractivity contribution is 0.468. The molecule has 2 aromatic rings. The van der Waals surface area contributed by atoms with Gasteiger partial charge in [-0.2, -0.15) is 5.10 Å². The van der Waals surface area contributed by atoms with Gasteiger partial charge in [-0.1, -0.05) is 23.7 Å². The first-order valence-corrected chi connectivity index (χ1v) is 6.58. The Labute approximate surface area is 118 Å². The summed E-state index contributed by atoms with van der Waals surface area (Å²) < 4.78 is 7.80. The van der Waals surface area contributed by atoms with E-state index >= 15 is 0 Å². The van der Waals surface area contributed by atoms with Gasteiger partial charge >= 0.3 is 0 Å². The maximum Gasteiger partial charge on any atom is 0.171 e. The van der Waals surface area contributed by atoms with Crippen molar-refractivity contribution in [1.82, 2.24) is 9.78 Å². The van der Waals surface area contributed by atoms with Crippen LogP contribution in [0.3, 0.4) is 0 Å². The number of nitrogens with two attached hydrogens (primary N) is 1. The minimum Gasteiger partial charge on any atom is -0.452 e. The second kappa shape index (κ2) is 5.63. The van der Waals surface area contributed by atoms with Gasteiger partial charge in [-0.25, -0.2) is 0 Å². The van der Waals surface area contributed by atoms with Crippen molar-refractivity contribution >= 4 is 11.6 Å². The third-order valence-corrected chi connectivity index (χ3v) is 3.41. The molecule has 0 atom stereocenters. The molecular formula is C14H18ClN3O. The average Bonchev–Trinajstić information content (AvgIpc) is 2.60. The van der Waals surface area contributed by atoms with E-state index in [-0.39, 0.29) is 0 Å². The van der Waals surface area contributed by atoms with Crippen LogP contribution >= 0.6 is 11.6 Å². The van der Waals surface area contributed by atoms with Crippen molar-refractivity contribution in [1.29, 1.82) is 0 Å². The summed E-state index contributed by atoms with van der Waals surface area (Å²) in [5.74, 6) is 1.43. The van der Waals surface area contributed by atoms with Crippen LogP contribution < -0.4 is 10.5 Å². The lowest BCUT2D eigenvalue weighted by Crippen LogP contribution is -2.04. The zero-order chi connectivity index (χ0) is 14.0. The van der Waals surface area contributed by atoms with Gasteiger partial charge in [0.1, 0.15) is 11.4 Å². The van der Waals surface area contributed by atoms with E-state index in [0.717, 1.165) is 29.1 Å². The maximum absolute atomic E-state index is 6.23. The Hall–Kier alpha value is -1.52. The van der Waals surface area contributed by atoms with Gasteiger partial charge in [-0.05, 0) is 38.4 Å². The molecular weight excluding hydrogens is 262 g/mol. The van der Waals surface area contributed by atoms with Crippen LogP contribution in [-0.4, -0.2) is 16.3 Å². The molecule has 1 aromatic carbocycles. The van der Waals surface area contributed by atoms with Crippen LogP contribution in [0.2, 0.25) is 5.02 Å². The third-order valence-electron chi connectivity index (χ3n) is 3.11. The van der Waals surface area contributed by atoms with Crippen molar-refractivity contribution in [2.24, 2.45) is 12.8 Å². The molecule has 0 spiro atoms. The topological polar surface area (TPSA) is 53.1 Å². The second-order valence-corrected chi connectivity index (χ2v) is 4.90. The number of ether oxygens (including phenoxy) is 1. The first-order chi connectivity index (χ1) is 9.04. The number of para-hydroxylation sites is 1. The lowest BCUT2D eigenvalue weighted by Gasteiger charge is -2.12. The fraction of sp³-hybridized carbons (Fsp3) is 0.357. The van der Waals surface area contributed by atoms with Crippen LogP contribution in [0.15, 0.2) is 18.2 Å². The van der Waals surface area contributed by atoms with Crippen molar-refractivity contribution in [3.05, 3.63) is 40.2 Å². The molecule has 4 nitrogen and oxygen atoms in total. The maximum atomic E-state index is 6.23. The molecule has 0 aliphatic carbocycles. The van der Waals surface area contributed by atoms with Crippen LogP contribution in [0.5, 0.6) is 11.5 Å². The fourth-order valence-electron chi connectivity index (χ4n) is 2.02. The number of aryl methyl sites for hydroxylation is 2. The van der Waals surface area contributed by atoms with Crippen molar-refractivity contribution in [2.45, 2.75) is 20.3 Å². The van der Waals surface area contributed by atoms with Gasteiger partial charge in [-0.3, -0.25) is 4.68 Å². The van der Waals surface area contributed by atoms with Crippen molar-refractivity contribution in [3.63, 3.8) is 0 Å². The van der Waals surface area contributed by atoms with Crippen LogP contribution in [-0.2, 0) is 13.5 Å². The molecule has 0 bridgehead atoms. The average molecular weight is 280 g/mol. The van der Waals surface area contributed by atoms with Gasteiger partial charge in [0.15, 0.2) is 5.75 Å². The summed E-state index contributed by atoms with van der Waals surface area (Å²) >= 11 is 6.23. The van der Waals surface area contributed by atoms with E-state index in [1.54, 1.807) is 4.68 Å². The molecule has 0 aliphatic heterocycles. The SMILES string of the molecule is Cc1nn(C)c(C)c1Oc1c(Cl)cccc1CCN. The third kappa shape index (κ3) is 2.74. The highest BCUT2D eigenvalue weighted by atomic mass is 35.5. The first kappa shape index (κ1) is 13.9. The molecule has 102 valence electrons. The van der Waals surface area contributed by atoms with Crippen LogP contribution in [0.25, 0.3) is 0 Å². The number of hydrogen-bond acceptors (Lipinski definition) is 3. The van der Waals surface area contributed by atoms with Gasteiger partial charge in [0, 0.05) is 7.05 Å². The molecule has 0 aliphatic rings. The van der Waals surface area contributed by atoms with Gasteiger partial charge in [-0.15, -0.1) is 0 Å². The van der Waals surface area contributed by atoms with Gasteiger partial charge in [0.05, 0.1) is 10.7 Å². The van der Waals surface area contributed by atoms with E-state index < -0.39 is 0 Å². The second-order valence-electron chi connectivity index (χ2n) is 4.49. The number of halogens is 1. The number of nitrogens with zero attached hydrogens (tertiary/aromatic N) is 2. The van der Waals surface area contributed by atoms with Gasteiger partial charge < -0.3 is 10.5 Å². The zero-order valence-electron chi connectivity index (χ0n) is 11.4. The monoisotopic (exact) mass is 279 g/mol. The predicted octanol–water partition coefficient (Wildman–Crippen LogP) is 2.98. The van der Waals surface area contributed by atoms with Crippen LogP contribution in [0, 0.1) is 13.8 Å². The Kier molecular flexibility index (Phi) is 4.12. The van der Waals surface area contributed by atoms with Gasteiger partial charge in [0.25, 0.3) is 0 Å². The standard InChI is InChI=1S/C14H18ClN3O/c1-9-13(10(2)18(3)17-9)19-14-11(7-8-16)5-4-6-12(14)15/h4-6H,7-8,16H2,1-3H3. The quantitative estimate of drug-likeness (QED) is 0.936. The highest BCUT2D eigenvalue weighted by Crippen LogP contribution is 2.35. The Balaban J connectivity index is 2.42. The Morgan fingerprint density at radius 2 is 2.05 bits per heavy atom. The molecule has 19 heavy (non-hydrogen) atoms. The minimum atomic E-state index is 0.557. The molecule has 5 heteroatoms. The normalized spacial score (nSPS) is 10.8. The van der Waals surface area contributed by atoms with Gasteiger partial charge in [0.2, 0.25) is 0 Å². The Morgan fingerprint density at radius 1 is 1.32 bits per heavy atom. The summed E-state index contributed by atoms with van der Waals surface area (Å²) in [7, 11) is 1.89. The minimum absolute atomic E-state index is 0.557. The van der Waals surface area contributed by atoms with Crippen molar-refractivity contribution in [2.75, 3.05) is 6.54 Å². The number of rotatable bonds is 4. The summed E-state index contributed by atoms with van der Waals surface area (Å²) in [5, 5.41) is 4.93. The molecule has 0 fully saturated rings. The van der Waals surface area contributed by atoms with E-state index in [4.69, 9.17) is 22.1 Å². The van der Waals surface area contributed by atoms with Crippen LogP contribution in [0.1, 0.15) is 17.0 Å². The molecule has 0 unspecified atom stereocenters. The predicted molar refractivity (Wildman–Crippen MR) is 77.0 cm³/mol. The van der Waals surface area contributed by atoms with E-state index in [9.17, 15) is 0 Å². The fourth-order valence-corrected chi connectivity index (χ4v) is 2.26. The van der Waals surface area contributed by atoms with Crippen molar-refractivity contribution < 1.29 is 4.74 Å². The smallest absolute Gasteiger partial charge is 0.171 e. The Morgan fingerprint density at radius 3 is 2.63 bits per heavy atom. The summed E-state index contributed by atoms with van der Waals surface area (Å²) in [6.07, 6.45) is 0.730. The van der Waals surface area contributed by atoms with Crippen molar-refractivity contribution in [3.8, 4) is 11.5 Å². The number of benzene rings is 1. The molecule has 0 saturated carbocycles. The molecule has 0 amide bonds. The molecule has 0 radical (unpaired) electrons. The summed E-state index contributed by atoms with van der Waals surface area (Å²) in [6.45, 7) is 4.44. The molecule has 2 rings (SSSR count). The summed E-state index contributed by atoms with van der Waals surface area (Å²) in [6, 6.07) is 5.70. The summed E-state index contributed by atoms with van der Waals surface area (Å²) in [5.41, 5.74) is 8.45. The molecule has 1 aromatic heterocycles. The number of aromatic nitrogens is 2. The van der Waals surface area contributed by atoms with E-state index in [1.807, 2.05) is 39.1 Å². The van der Waals surface area contributed by atoms with E-state index in [2.05, 4.69) is 5.10 Å².